The number of carboxylic acids is 2. The van der Waals surface area contributed by atoms with E-state index in [1.165, 1.54) is 19.3 Å². The van der Waals surface area contributed by atoms with Crippen LogP contribution in [0.1, 0.15) is 39.5 Å². The van der Waals surface area contributed by atoms with E-state index in [4.69, 9.17) is 15.5 Å². The molecule has 0 aliphatic rings. The second kappa shape index (κ2) is 12.2. The van der Waals surface area contributed by atoms with Gasteiger partial charge in [0.1, 0.15) is 0 Å². The van der Waals surface area contributed by atoms with Gasteiger partial charge in [-0.3, -0.25) is 0 Å². The Bertz CT molecular complexity index is 275. The van der Waals surface area contributed by atoms with Gasteiger partial charge in [-0.1, -0.05) is 26.2 Å². The van der Waals surface area contributed by atoms with Gasteiger partial charge in [0.2, 0.25) is 0 Å². The molecule has 0 heterocycles. The molecule has 0 aliphatic carbocycles. The third-order valence-corrected chi connectivity index (χ3v) is 1.83. The van der Waals surface area contributed by atoms with Crippen molar-refractivity contribution in [1.29, 1.82) is 5.26 Å². The normalized spacial score (nSPS) is 11.1. The number of aliphatic carboxylic acids is 2. The molecule has 0 radical (unpaired) electrons. The highest BCUT2D eigenvalue weighted by Crippen LogP contribution is 2.06. The largest absolute Gasteiger partial charge is 0.478 e. The Hall–Kier alpha value is -1.83. The van der Waals surface area contributed by atoms with Crippen LogP contribution in [0.25, 0.3) is 0 Å². The Morgan fingerprint density at radius 2 is 1.71 bits per heavy atom. The van der Waals surface area contributed by atoms with Gasteiger partial charge in [-0.05, 0) is 13.3 Å². The van der Waals surface area contributed by atoms with Crippen molar-refractivity contribution in [3.05, 3.63) is 12.2 Å². The van der Waals surface area contributed by atoms with Crippen molar-refractivity contribution in [1.82, 2.24) is 0 Å². The molecule has 0 amide bonds. The van der Waals surface area contributed by atoms with Gasteiger partial charge < -0.3 is 10.2 Å². The predicted octanol–water partition coefficient (Wildman–Crippen LogP) is 2.44. The van der Waals surface area contributed by atoms with Crippen molar-refractivity contribution in [3.8, 4) is 6.07 Å². The van der Waals surface area contributed by atoms with Crippen LogP contribution in [0.2, 0.25) is 0 Å². The molecule has 0 aliphatic heterocycles. The maximum atomic E-state index is 9.55. The highest BCUT2D eigenvalue weighted by molar-refractivity contribution is 5.89. The maximum Gasteiger partial charge on any atom is 0.328 e. The molecule has 0 aromatic heterocycles. The summed E-state index contributed by atoms with van der Waals surface area (Å²) in [6.07, 6.45) is 5.92. The van der Waals surface area contributed by atoms with Crippen LogP contribution in [0.4, 0.5) is 0 Å². The van der Waals surface area contributed by atoms with Crippen molar-refractivity contribution >= 4 is 11.9 Å². The summed E-state index contributed by atoms with van der Waals surface area (Å²) in [6.45, 7) is 4.16. The molecule has 2 N–H and O–H groups in total. The zero-order valence-corrected chi connectivity index (χ0v) is 10.2. The van der Waals surface area contributed by atoms with Gasteiger partial charge in [0, 0.05) is 18.1 Å². The fourth-order valence-corrected chi connectivity index (χ4v) is 0.908. The van der Waals surface area contributed by atoms with Gasteiger partial charge in [-0.25, -0.2) is 9.59 Å². The molecule has 0 aromatic rings. The SMILES string of the molecule is CCCCCC(C)C#N.O=C(O)C=CC(=O)O. The lowest BCUT2D eigenvalue weighted by Crippen LogP contribution is -1.91. The lowest BCUT2D eigenvalue weighted by molar-refractivity contribution is -0.134. The Morgan fingerprint density at radius 1 is 1.24 bits per heavy atom. The quantitative estimate of drug-likeness (QED) is 0.549. The third-order valence-electron chi connectivity index (χ3n) is 1.83. The van der Waals surface area contributed by atoms with Gasteiger partial charge in [0.15, 0.2) is 0 Å². The fraction of sp³-hybridized carbons (Fsp3) is 0.583. The summed E-state index contributed by atoms with van der Waals surface area (Å²) in [4.78, 5) is 19.1. The zero-order valence-electron chi connectivity index (χ0n) is 10.2. The van der Waals surface area contributed by atoms with E-state index in [2.05, 4.69) is 13.0 Å². The van der Waals surface area contributed by atoms with Crippen molar-refractivity contribution < 1.29 is 19.8 Å². The molecule has 96 valence electrons. The van der Waals surface area contributed by atoms with Crippen LogP contribution in [0.3, 0.4) is 0 Å². The molecule has 0 rings (SSSR count). The number of nitrogens with zero attached hydrogens (tertiary/aromatic N) is 1. The smallest absolute Gasteiger partial charge is 0.328 e. The summed E-state index contributed by atoms with van der Waals surface area (Å²) in [5.41, 5.74) is 0. The molecular weight excluding hydrogens is 222 g/mol. The van der Waals surface area contributed by atoms with E-state index in [9.17, 15) is 9.59 Å². The minimum absolute atomic E-state index is 0.261. The average molecular weight is 241 g/mol. The minimum atomic E-state index is -1.26. The van der Waals surface area contributed by atoms with Gasteiger partial charge >= 0.3 is 11.9 Å². The first-order valence-corrected chi connectivity index (χ1v) is 5.47. The van der Waals surface area contributed by atoms with Gasteiger partial charge in [0.05, 0.1) is 6.07 Å². The van der Waals surface area contributed by atoms with Crippen LogP contribution in [0, 0.1) is 17.2 Å². The number of hydrogen-bond acceptors (Lipinski definition) is 3. The highest BCUT2D eigenvalue weighted by atomic mass is 16.4. The van der Waals surface area contributed by atoms with E-state index in [1.807, 2.05) is 6.92 Å². The number of nitriles is 1. The minimum Gasteiger partial charge on any atom is -0.478 e. The average Bonchev–Trinajstić information content (AvgIpc) is 2.27. The maximum absolute atomic E-state index is 9.55. The molecule has 0 saturated heterocycles. The van der Waals surface area contributed by atoms with E-state index >= 15 is 0 Å². The molecule has 0 bridgehead atoms. The van der Waals surface area contributed by atoms with Crippen LogP contribution >= 0.6 is 0 Å². The second-order valence-corrected chi connectivity index (χ2v) is 3.54. The van der Waals surface area contributed by atoms with Crippen LogP contribution in [-0.2, 0) is 9.59 Å². The highest BCUT2D eigenvalue weighted by Gasteiger charge is 1.96. The molecule has 1 unspecified atom stereocenters. The molecule has 0 aromatic carbocycles. The number of unbranched alkanes of at least 4 members (excludes halogenated alkanes) is 2. The summed E-state index contributed by atoms with van der Waals surface area (Å²) in [5, 5.41) is 24.0. The predicted molar refractivity (Wildman–Crippen MR) is 63.3 cm³/mol. The van der Waals surface area contributed by atoms with E-state index in [-0.39, 0.29) is 5.92 Å². The summed E-state index contributed by atoms with van der Waals surface area (Å²) in [6, 6.07) is 2.22. The van der Waals surface area contributed by atoms with E-state index in [1.54, 1.807) is 0 Å². The standard InChI is InChI=1S/C8H15N.C4H4O4/c1-3-4-5-6-8(2)7-9;5-3(6)1-2-4(7)8/h8H,3-6H2,1-2H3;1-2H,(H,5,6)(H,7,8). The molecule has 5 nitrogen and oxygen atoms in total. The molecular formula is C12H19NO4. The van der Waals surface area contributed by atoms with E-state index in [0.717, 1.165) is 6.42 Å². The number of carboxylic acid groups (broad SMARTS) is 2. The van der Waals surface area contributed by atoms with Crippen molar-refractivity contribution in [3.63, 3.8) is 0 Å². The van der Waals surface area contributed by atoms with Gasteiger partial charge in [-0.15, -0.1) is 0 Å². The van der Waals surface area contributed by atoms with Gasteiger partial charge in [0.25, 0.3) is 0 Å². The molecule has 1 atom stereocenters. The summed E-state index contributed by atoms with van der Waals surface area (Å²) in [7, 11) is 0. The third kappa shape index (κ3) is 20.3. The lowest BCUT2D eigenvalue weighted by atomic mass is 10.1. The summed E-state index contributed by atoms with van der Waals surface area (Å²) in [5.74, 6) is -2.25. The number of carbonyl (C=O) groups is 2. The van der Waals surface area contributed by atoms with Crippen LogP contribution in [0.15, 0.2) is 12.2 Å². The van der Waals surface area contributed by atoms with Crippen LogP contribution < -0.4 is 0 Å². The summed E-state index contributed by atoms with van der Waals surface area (Å²) >= 11 is 0. The van der Waals surface area contributed by atoms with Crippen molar-refractivity contribution in [2.24, 2.45) is 5.92 Å². The number of hydrogen-bond donors (Lipinski definition) is 2. The second-order valence-electron chi connectivity index (χ2n) is 3.54. The van der Waals surface area contributed by atoms with E-state index < -0.39 is 11.9 Å². The first kappa shape index (κ1) is 17.6. The Labute approximate surface area is 101 Å². The summed E-state index contributed by atoms with van der Waals surface area (Å²) < 4.78 is 0. The topological polar surface area (TPSA) is 98.4 Å². The van der Waals surface area contributed by atoms with Crippen LogP contribution in [-0.4, -0.2) is 22.2 Å². The first-order valence-electron chi connectivity index (χ1n) is 5.47. The Kier molecular flexibility index (Phi) is 12.6. The van der Waals surface area contributed by atoms with E-state index in [0.29, 0.717) is 12.2 Å². The number of rotatable bonds is 6. The first-order chi connectivity index (χ1) is 7.93. The van der Waals surface area contributed by atoms with Crippen molar-refractivity contribution in [2.75, 3.05) is 0 Å². The monoisotopic (exact) mass is 241 g/mol. The fourth-order valence-electron chi connectivity index (χ4n) is 0.908. The Morgan fingerprint density at radius 3 is 2.00 bits per heavy atom. The van der Waals surface area contributed by atoms with Gasteiger partial charge in [-0.2, -0.15) is 5.26 Å². The molecule has 17 heavy (non-hydrogen) atoms. The molecule has 0 spiro atoms. The van der Waals surface area contributed by atoms with Crippen LogP contribution in [0.5, 0.6) is 0 Å². The Balaban J connectivity index is 0. The molecule has 0 fully saturated rings. The molecule has 0 saturated carbocycles. The zero-order chi connectivity index (χ0) is 13.7. The lowest BCUT2D eigenvalue weighted by Gasteiger charge is -1.98. The molecule has 5 heteroatoms. The van der Waals surface area contributed by atoms with Crippen molar-refractivity contribution in [2.45, 2.75) is 39.5 Å².